The average Bonchev–Trinajstić information content (AvgIpc) is 3.27. The molecule has 0 spiro atoms. The molecule has 2 aromatic carbocycles. The Hall–Kier alpha value is -3.64. The van der Waals surface area contributed by atoms with Crippen molar-refractivity contribution in [3.8, 4) is 11.3 Å². The number of sulfonamides is 1. The second-order valence-corrected chi connectivity index (χ2v) is 11.1. The zero-order valence-electron chi connectivity index (χ0n) is 20.6. The molecule has 1 fully saturated rings. The summed E-state index contributed by atoms with van der Waals surface area (Å²) in [6.45, 7) is 2.33. The van der Waals surface area contributed by atoms with Crippen molar-refractivity contribution < 1.29 is 21.6 Å². The topological polar surface area (TPSA) is 129 Å². The van der Waals surface area contributed by atoms with Gasteiger partial charge in [0.05, 0.1) is 16.6 Å². The lowest BCUT2D eigenvalue weighted by atomic mass is 9.82. The predicted octanol–water partition coefficient (Wildman–Crippen LogP) is 4.90. The molecule has 0 amide bonds. The maximum atomic E-state index is 15.4. The summed E-state index contributed by atoms with van der Waals surface area (Å²) in [6.07, 6.45) is 5.19. The van der Waals surface area contributed by atoms with Crippen LogP contribution in [0.3, 0.4) is 0 Å². The Morgan fingerprint density at radius 3 is 2.45 bits per heavy atom. The molecule has 1 saturated carbocycles. The van der Waals surface area contributed by atoms with Gasteiger partial charge in [0.25, 0.3) is 10.0 Å². The van der Waals surface area contributed by atoms with Crippen molar-refractivity contribution in [3.63, 3.8) is 0 Å². The maximum Gasteiger partial charge on any atom is 0.264 e. The maximum absolute atomic E-state index is 15.4. The smallest absolute Gasteiger partial charge is 0.264 e. The van der Waals surface area contributed by atoms with Gasteiger partial charge in [-0.05, 0) is 62.3 Å². The molecular formula is C26H27F3N6O2S. The predicted molar refractivity (Wildman–Crippen MR) is 139 cm³/mol. The van der Waals surface area contributed by atoms with Gasteiger partial charge < -0.3 is 11.5 Å². The van der Waals surface area contributed by atoms with Crippen LogP contribution in [0.15, 0.2) is 47.5 Å². The van der Waals surface area contributed by atoms with E-state index in [-0.39, 0.29) is 29.0 Å². The molecule has 1 aliphatic rings. The highest BCUT2D eigenvalue weighted by Crippen LogP contribution is 2.41. The number of nitrogens with one attached hydrogen (secondary N) is 1. The van der Waals surface area contributed by atoms with E-state index < -0.39 is 38.1 Å². The second-order valence-electron chi connectivity index (χ2n) is 9.45. The van der Waals surface area contributed by atoms with Crippen LogP contribution in [-0.2, 0) is 16.6 Å². The third kappa shape index (κ3) is 4.58. The van der Waals surface area contributed by atoms with E-state index in [1.54, 1.807) is 10.9 Å². The van der Waals surface area contributed by atoms with Crippen LogP contribution in [0.1, 0.15) is 44.1 Å². The standard InChI is InChI=1S/C26H27F3N6O2S/c1-2-35-25-17(14-7-9-15(30)10-8-14)13-32-26(31)23(25)24(33-35)16-11-20(29)21(12-19(16)28)34-38(36,37)22-6-4-3-5-18(22)27/h3-6,11-15,34H,2,7-10,30H2,1H3,(H2,31,32). The molecule has 2 heterocycles. The normalized spacial score (nSPS) is 18.1. The van der Waals surface area contributed by atoms with E-state index in [2.05, 4.69) is 10.1 Å². The van der Waals surface area contributed by atoms with Crippen LogP contribution in [0.4, 0.5) is 24.7 Å². The number of hydrogen-bond donors (Lipinski definition) is 3. The number of aryl methyl sites for hydroxylation is 1. The fraction of sp³-hybridized carbons (Fsp3) is 0.308. The van der Waals surface area contributed by atoms with Gasteiger partial charge in [-0.3, -0.25) is 9.40 Å². The van der Waals surface area contributed by atoms with Crippen molar-refractivity contribution in [1.82, 2.24) is 14.8 Å². The highest BCUT2D eigenvalue weighted by atomic mass is 32.2. The molecule has 5 N–H and O–H groups in total. The molecule has 38 heavy (non-hydrogen) atoms. The summed E-state index contributed by atoms with van der Waals surface area (Å²) in [4.78, 5) is 3.66. The number of halogens is 3. The summed E-state index contributed by atoms with van der Waals surface area (Å²) in [6, 6.07) is 6.33. The number of aromatic nitrogens is 3. The Kier molecular flexibility index (Phi) is 6.78. The van der Waals surface area contributed by atoms with Crippen LogP contribution in [0.2, 0.25) is 0 Å². The van der Waals surface area contributed by atoms with Gasteiger partial charge in [0.15, 0.2) is 0 Å². The van der Waals surface area contributed by atoms with Crippen LogP contribution >= 0.6 is 0 Å². The van der Waals surface area contributed by atoms with Gasteiger partial charge >= 0.3 is 0 Å². The van der Waals surface area contributed by atoms with Crippen molar-refractivity contribution in [3.05, 3.63) is 65.6 Å². The molecule has 1 aliphatic carbocycles. The van der Waals surface area contributed by atoms with E-state index in [9.17, 15) is 12.8 Å². The number of anilines is 2. The SMILES string of the molecule is CCn1nc(-c2cc(F)c(NS(=O)(=O)c3ccccc3F)cc2F)c2c(N)ncc(C3CCC(N)CC3)c21. The lowest BCUT2D eigenvalue weighted by Crippen LogP contribution is -2.26. The molecule has 0 atom stereocenters. The third-order valence-corrected chi connectivity index (χ3v) is 8.42. The third-order valence-electron chi connectivity index (χ3n) is 7.02. The monoisotopic (exact) mass is 544 g/mol. The fourth-order valence-corrected chi connectivity index (χ4v) is 6.22. The minimum absolute atomic E-state index is 0.0983. The minimum Gasteiger partial charge on any atom is -0.383 e. The van der Waals surface area contributed by atoms with E-state index >= 15 is 8.78 Å². The summed E-state index contributed by atoms with van der Waals surface area (Å²) in [7, 11) is -4.51. The van der Waals surface area contributed by atoms with Crippen molar-refractivity contribution in [2.75, 3.05) is 10.5 Å². The zero-order valence-corrected chi connectivity index (χ0v) is 21.4. The summed E-state index contributed by atoms with van der Waals surface area (Å²) in [5, 5.41) is 4.95. The second kappa shape index (κ2) is 9.91. The van der Waals surface area contributed by atoms with Crippen LogP contribution < -0.4 is 16.2 Å². The summed E-state index contributed by atoms with van der Waals surface area (Å²) in [5.41, 5.74) is 13.2. The molecule has 2 aromatic heterocycles. The van der Waals surface area contributed by atoms with Crippen molar-refractivity contribution in [2.24, 2.45) is 5.73 Å². The summed E-state index contributed by atoms with van der Waals surface area (Å²) < 4.78 is 73.5. The van der Waals surface area contributed by atoms with E-state index in [0.717, 1.165) is 49.4 Å². The Morgan fingerprint density at radius 1 is 1.05 bits per heavy atom. The molecule has 5 rings (SSSR count). The van der Waals surface area contributed by atoms with Gasteiger partial charge in [0.1, 0.15) is 33.9 Å². The molecule has 0 radical (unpaired) electrons. The Bertz CT molecular complexity index is 1630. The number of nitrogens with two attached hydrogens (primary N) is 2. The van der Waals surface area contributed by atoms with Gasteiger partial charge in [-0.15, -0.1) is 0 Å². The van der Waals surface area contributed by atoms with E-state index in [1.165, 1.54) is 12.1 Å². The first-order chi connectivity index (χ1) is 18.1. The number of nitrogens with zero attached hydrogens (tertiary/aromatic N) is 3. The molecule has 0 saturated heterocycles. The molecule has 8 nitrogen and oxygen atoms in total. The fourth-order valence-electron chi connectivity index (χ4n) is 5.08. The first kappa shape index (κ1) is 26.0. The lowest BCUT2D eigenvalue weighted by molar-refractivity contribution is 0.395. The van der Waals surface area contributed by atoms with Crippen LogP contribution in [0.5, 0.6) is 0 Å². The molecular weight excluding hydrogens is 517 g/mol. The molecule has 0 aliphatic heterocycles. The molecule has 0 bridgehead atoms. The highest BCUT2D eigenvalue weighted by molar-refractivity contribution is 7.92. The Morgan fingerprint density at radius 2 is 1.76 bits per heavy atom. The lowest BCUT2D eigenvalue weighted by Gasteiger charge is -2.27. The summed E-state index contributed by atoms with van der Waals surface area (Å²) >= 11 is 0. The average molecular weight is 545 g/mol. The number of pyridine rings is 1. The van der Waals surface area contributed by atoms with E-state index in [4.69, 9.17) is 11.5 Å². The Balaban J connectivity index is 1.59. The highest BCUT2D eigenvalue weighted by Gasteiger charge is 2.28. The van der Waals surface area contributed by atoms with Crippen LogP contribution in [-0.4, -0.2) is 29.2 Å². The molecule has 0 unspecified atom stereocenters. The van der Waals surface area contributed by atoms with Gasteiger partial charge in [0, 0.05) is 30.4 Å². The minimum atomic E-state index is -4.51. The van der Waals surface area contributed by atoms with Crippen LogP contribution in [0, 0.1) is 17.5 Å². The van der Waals surface area contributed by atoms with E-state index in [0.29, 0.717) is 23.5 Å². The number of rotatable bonds is 6. The summed E-state index contributed by atoms with van der Waals surface area (Å²) in [5.74, 6) is -2.72. The van der Waals surface area contributed by atoms with Gasteiger partial charge in [-0.25, -0.2) is 26.6 Å². The zero-order chi connectivity index (χ0) is 27.2. The Labute approximate surface area is 217 Å². The van der Waals surface area contributed by atoms with Gasteiger partial charge in [0.2, 0.25) is 0 Å². The van der Waals surface area contributed by atoms with Gasteiger partial charge in [-0.1, -0.05) is 12.1 Å². The molecule has 4 aromatic rings. The number of hydrogen-bond acceptors (Lipinski definition) is 6. The van der Waals surface area contributed by atoms with Crippen LogP contribution in [0.25, 0.3) is 22.2 Å². The molecule has 200 valence electrons. The first-order valence-corrected chi connectivity index (χ1v) is 13.8. The molecule has 12 heteroatoms. The largest absolute Gasteiger partial charge is 0.383 e. The number of fused-ring (bicyclic) bond motifs is 1. The van der Waals surface area contributed by atoms with Crippen molar-refractivity contribution >= 4 is 32.4 Å². The quantitative estimate of drug-likeness (QED) is 0.317. The first-order valence-electron chi connectivity index (χ1n) is 12.3. The van der Waals surface area contributed by atoms with Crippen molar-refractivity contribution in [1.29, 1.82) is 0 Å². The number of nitrogen functional groups attached to an aromatic ring is 1. The van der Waals surface area contributed by atoms with E-state index in [1.807, 2.05) is 11.6 Å². The number of benzene rings is 2. The van der Waals surface area contributed by atoms with Gasteiger partial charge in [-0.2, -0.15) is 5.10 Å². The van der Waals surface area contributed by atoms with Crippen molar-refractivity contribution in [2.45, 2.75) is 56.0 Å².